The second kappa shape index (κ2) is 8.49. The maximum absolute atomic E-state index is 13.7. The molecule has 0 fully saturated rings. The highest BCUT2D eigenvalue weighted by Gasteiger charge is 2.10. The Balaban J connectivity index is 2.02. The molecule has 0 unspecified atom stereocenters. The third-order valence-electron chi connectivity index (χ3n) is 3.20. The minimum Gasteiger partial charge on any atom is -0.497 e. The average Bonchev–Trinajstić information content (AvgIpc) is 2.56. The Labute approximate surface area is 148 Å². The Morgan fingerprint density at radius 1 is 1.33 bits per heavy atom. The Hall–Kier alpha value is -2.34. The van der Waals surface area contributed by atoms with E-state index < -0.39 is 11.7 Å². The third kappa shape index (κ3) is 4.83. The summed E-state index contributed by atoms with van der Waals surface area (Å²) in [6.07, 6.45) is 2.31. The number of anilines is 1. The summed E-state index contributed by atoms with van der Waals surface area (Å²) in [5, 5.41) is 2.48. The summed E-state index contributed by atoms with van der Waals surface area (Å²) in [6.45, 7) is 3.47. The first-order valence-corrected chi connectivity index (χ1v) is 7.98. The normalized spacial score (nSPS) is 10.1. The van der Waals surface area contributed by atoms with Crippen molar-refractivity contribution in [2.45, 2.75) is 6.42 Å². The van der Waals surface area contributed by atoms with Gasteiger partial charge in [-0.25, -0.2) is 4.39 Å². The van der Waals surface area contributed by atoms with E-state index in [-0.39, 0.29) is 12.3 Å². The molecule has 0 radical (unpaired) electrons. The smallest absolute Gasteiger partial charge is 0.262 e. The van der Waals surface area contributed by atoms with Gasteiger partial charge in [0.1, 0.15) is 17.3 Å². The lowest BCUT2D eigenvalue weighted by Crippen LogP contribution is -2.21. The zero-order valence-corrected chi connectivity index (χ0v) is 14.7. The number of hydrogen-bond donors (Lipinski definition) is 1. The van der Waals surface area contributed by atoms with E-state index in [9.17, 15) is 9.18 Å². The van der Waals surface area contributed by atoms with E-state index in [1.54, 1.807) is 31.4 Å². The van der Waals surface area contributed by atoms with Crippen LogP contribution in [0.15, 0.2) is 53.5 Å². The monoisotopic (exact) mass is 393 g/mol. The summed E-state index contributed by atoms with van der Waals surface area (Å²) in [6, 6.07) is 9.70. The summed E-state index contributed by atoms with van der Waals surface area (Å²) in [7, 11) is 1.58. The lowest BCUT2D eigenvalue weighted by Gasteiger charge is -2.12. The predicted molar refractivity (Wildman–Crippen MR) is 95.1 cm³/mol. The average molecular weight is 394 g/mol. The number of hydrogen-bond acceptors (Lipinski definition) is 3. The molecule has 6 heteroatoms. The van der Waals surface area contributed by atoms with Crippen LogP contribution in [0.3, 0.4) is 0 Å². The van der Waals surface area contributed by atoms with Gasteiger partial charge in [0.25, 0.3) is 5.91 Å². The van der Waals surface area contributed by atoms with Crippen LogP contribution in [-0.2, 0) is 11.2 Å². The second-order valence-electron chi connectivity index (χ2n) is 4.93. The fraction of sp³-hybridized carbons (Fsp3) is 0.167. The van der Waals surface area contributed by atoms with Gasteiger partial charge in [0.05, 0.1) is 12.8 Å². The molecule has 0 aliphatic heterocycles. The largest absolute Gasteiger partial charge is 0.497 e. The van der Waals surface area contributed by atoms with Gasteiger partial charge in [0.15, 0.2) is 6.61 Å². The molecule has 24 heavy (non-hydrogen) atoms. The summed E-state index contributed by atoms with van der Waals surface area (Å²) in [5.74, 6) is 0.286. The summed E-state index contributed by atoms with van der Waals surface area (Å²) in [5.41, 5.74) is 0.958. The van der Waals surface area contributed by atoms with Crippen molar-refractivity contribution in [1.82, 2.24) is 0 Å². The molecule has 1 N–H and O–H groups in total. The van der Waals surface area contributed by atoms with Crippen LogP contribution in [0.25, 0.3) is 0 Å². The molecule has 0 spiro atoms. The summed E-state index contributed by atoms with van der Waals surface area (Å²) >= 11 is 3.16. The van der Waals surface area contributed by atoms with Gasteiger partial charge < -0.3 is 14.8 Å². The second-order valence-corrected chi connectivity index (χ2v) is 5.84. The number of ether oxygens (including phenoxy) is 2. The number of methoxy groups -OCH3 is 1. The van der Waals surface area contributed by atoms with Crippen molar-refractivity contribution in [1.29, 1.82) is 0 Å². The van der Waals surface area contributed by atoms with Crippen LogP contribution >= 0.6 is 15.9 Å². The number of amides is 1. The molecule has 0 aliphatic carbocycles. The van der Waals surface area contributed by atoms with Crippen LogP contribution in [0.4, 0.5) is 10.1 Å². The fourth-order valence-electron chi connectivity index (χ4n) is 2.06. The predicted octanol–water partition coefficient (Wildman–Crippen LogP) is 4.34. The SMILES string of the molecule is C=CCc1cc(OC)ccc1OCC(=O)Nc1ccc(Br)cc1F. The van der Waals surface area contributed by atoms with E-state index in [0.717, 1.165) is 5.56 Å². The molecule has 2 rings (SSSR count). The highest BCUT2D eigenvalue weighted by molar-refractivity contribution is 9.10. The maximum atomic E-state index is 13.7. The van der Waals surface area contributed by atoms with E-state index in [0.29, 0.717) is 22.4 Å². The van der Waals surface area contributed by atoms with Gasteiger partial charge in [-0.1, -0.05) is 22.0 Å². The van der Waals surface area contributed by atoms with Crippen molar-refractivity contribution in [3.63, 3.8) is 0 Å². The molecule has 0 saturated heterocycles. The number of halogens is 2. The Kier molecular flexibility index (Phi) is 6.37. The zero-order valence-electron chi connectivity index (χ0n) is 13.1. The minimum atomic E-state index is -0.519. The molecule has 4 nitrogen and oxygen atoms in total. The minimum absolute atomic E-state index is 0.104. The molecule has 0 bridgehead atoms. The molecule has 0 atom stereocenters. The number of carbonyl (C=O) groups excluding carboxylic acids is 1. The number of benzene rings is 2. The van der Waals surface area contributed by atoms with E-state index in [2.05, 4.69) is 27.8 Å². The van der Waals surface area contributed by atoms with Crippen LogP contribution in [0, 0.1) is 5.82 Å². The van der Waals surface area contributed by atoms with Gasteiger partial charge in [0.2, 0.25) is 0 Å². The van der Waals surface area contributed by atoms with Gasteiger partial charge in [0, 0.05) is 10.0 Å². The van der Waals surface area contributed by atoms with Crippen molar-refractivity contribution in [3.8, 4) is 11.5 Å². The van der Waals surface area contributed by atoms with E-state index in [1.807, 2.05) is 6.07 Å². The van der Waals surface area contributed by atoms with Crippen LogP contribution in [0.2, 0.25) is 0 Å². The summed E-state index contributed by atoms with van der Waals surface area (Å²) < 4.78 is 25.0. The van der Waals surface area contributed by atoms with Gasteiger partial charge in [-0.3, -0.25) is 4.79 Å². The van der Waals surface area contributed by atoms with Crippen LogP contribution in [0.1, 0.15) is 5.56 Å². The molecule has 0 aliphatic rings. The highest BCUT2D eigenvalue weighted by atomic mass is 79.9. The van der Waals surface area contributed by atoms with Gasteiger partial charge in [-0.05, 0) is 42.8 Å². The molecular weight excluding hydrogens is 377 g/mol. The van der Waals surface area contributed by atoms with Crippen LogP contribution in [0.5, 0.6) is 11.5 Å². The first kappa shape index (κ1) is 18.0. The zero-order chi connectivity index (χ0) is 17.5. The lowest BCUT2D eigenvalue weighted by atomic mass is 10.1. The molecular formula is C18H17BrFNO3. The first-order valence-electron chi connectivity index (χ1n) is 7.19. The van der Waals surface area contributed by atoms with Crippen LogP contribution < -0.4 is 14.8 Å². The molecule has 0 saturated carbocycles. The van der Waals surface area contributed by atoms with Crippen molar-refractivity contribution in [2.75, 3.05) is 19.0 Å². The molecule has 1 amide bonds. The quantitative estimate of drug-likeness (QED) is 0.711. The number of allylic oxidation sites excluding steroid dienone is 1. The van der Waals surface area contributed by atoms with Crippen molar-refractivity contribution < 1.29 is 18.7 Å². The van der Waals surface area contributed by atoms with E-state index >= 15 is 0 Å². The van der Waals surface area contributed by atoms with Gasteiger partial charge in [-0.15, -0.1) is 6.58 Å². The van der Waals surface area contributed by atoms with Gasteiger partial charge in [-0.2, -0.15) is 0 Å². The molecule has 2 aromatic rings. The molecule has 0 aromatic heterocycles. The topological polar surface area (TPSA) is 47.6 Å². The van der Waals surface area contributed by atoms with Crippen molar-refractivity contribution in [2.24, 2.45) is 0 Å². The van der Waals surface area contributed by atoms with Crippen molar-refractivity contribution in [3.05, 3.63) is 64.9 Å². The lowest BCUT2D eigenvalue weighted by molar-refractivity contribution is -0.118. The van der Waals surface area contributed by atoms with E-state index in [4.69, 9.17) is 9.47 Å². The van der Waals surface area contributed by atoms with Gasteiger partial charge >= 0.3 is 0 Å². The number of carbonyl (C=O) groups is 1. The summed E-state index contributed by atoms with van der Waals surface area (Å²) in [4.78, 5) is 12.0. The highest BCUT2D eigenvalue weighted by Crippen LogP contribution is 2.25. The molecule has 126 valence electrons. The van der Waals surface area contributed by atoms with E-state index in [1.165, 1.54) is 12.1 Å². The molecule has 0 heterocycles. The number of nitrogens with one attached hydrogen (secondary N) is 1. The first-order chi connectivity index (χ1) is 11.5. The maximum Gasteiger partial charge on any atom is 0.262 e. The standard InChI is InChI=1S/C18H17BrFNO3/c1-3-4-12-9-14(23-2)6-8-17(12)24-11-18(22)21-16-7-5-13(19)10-15(16)20/h3,5-10H,1,4,11H2,2H3,(H,21,22). The number of rotatable bonds is 7. The van der Waals surface area contributed by atoms with Crippen molar-refractivity contribution >= 4 is 27.5 Å². The Bertz CT molecular complexity index is 749. The van der Waals surface area contributed by atoms with Crippen LogP contribution in [-0.4, -0.2) is 19.6 Å². The third-order valence-corrected chi connectivity index (χ3v) is 3.69. The Morgan fingerprint density at radius 2 is 2.12 bits per heavy atom. The Morgan fingerprint density at radius 3 is 2.79 bits per heavy atom. The fourth-order valence-corrected chi connectivity index (χ4v) is 2.39. The molecule has 2 aromatic carbocycles.